The van der Waals surface area contributed by atoms with Crippen LogP contribution >= 0.6 is 12.2 Å². The molecule has 0 saturated heterocycles. The molecule has 3 nitrogen and oxygen atoms in total. The fraction of sp³-hybridized carbons (Fsp3) is 0.235. The molecule has 2 aromatic carbocycles. The van der Waals surface area contributed by atoms with Gasteiger partial charge in [-0.25, -0.2) is 0 Å². The zero-order valence-corrected chi connectivity index (χ0v) is 13.2. The molecule has 2 N–H and O–H groups in total. The van der Waals surface area contributed by atoms with Crippen LogP contribution in [0.2, 0.25) is 0 Å². The van der Waals surface area contributed by atoms with Crippen LogP contribution in [0.15, 0.2) is 48.5 Å². The molecule has 0 aromatic heterocycles. The number of hydrogen-bond donors (Lipinski definition) is 2. The van der Waals surface area contributed by atoms with Gasteiger partial charge in [-0.2, -0.15) is 0 Å². The van der Waals surface area contributed by atoms with Crippen molar-refractivity contribution in [3.63, 3.8) is 0 Å². The van der Waals surface area contributed by atoms with Crippen molar-refractivity contribution in [1.82, 2.24) is 0 Å². The highest BCUT2D eigenvalue weighted by Gasteiger charge is 2.11. The molecule has 0 bridgehead atoms. The molecule has 0 atom stereocenters. The first-order valence-electron chi connectivity index (χ1n) is 6.93. The van der Waals surface area contributed by atoms with Crippen molar-refractivity contribution in [1.29, 1.82) is 0 Å². The van der Waals surface area contributed by atoms with Gasteiger partial charge in [0.1, 0.15) is 0 Å². The molecule has 0 aliphatic heterocycles. The summed E-state index contributed by atoms with van der Waals surface area (Å²) in [5.74, 6) is 0. The molecule has 0 aliphatic carbocycles. The maximum Gasteiger partial charge on any atom is 0.178 e. The number of benzene rings is 2. The number of rotatable bonds is 4. The summed E-state index contributed by atoms with van der Waals surface area (Å²) in [6.07, 6.45) is 0. The van der Waals surface area contributed by atoms with Crippen LogP contribution in [0.25, 0.3) is 0 Å². The summed E-state index contributed by atoms with van der Waals surface area (Å²) in [6, 6.07) is 16.0. The minimum Gasteiger partial charge on any atom is -0.395 e. The molecular formula is C17H20N2OS. The normalized spacial score (nSPS) is 10.2. The number of aliphatic hydroxyl groups excluding tert-OH is 1. The first kappa shape index (κ1) is 15.5. The summed E-state index contributed by atoms with van der Waals surface area (Å²) in [4.78, 5) is 1.89. The van der Waals surface area contributed by atoms with E-state index in [4.69, 9.17) is 12.2 Å². The Morgan fingerprint density at radius 3 is 2.43 bits per heavy atom. The SMILES string of the molecule is Cc1ccc(NC(=S)N(CCO)c2ccccc2)cc1C. The number of aliphatic hydroxyl groups is 1. The van der Waals surface area contributed by atoms with E-state index in [0.717, 1.165) is 11.4 Å². The standard InChI is InChI=1S/C17H20N2OS/c1-13-8-9-15(12-14(13)2)18-17(21)19(10-11-20)16-6-4-3-5-7-16/h3-9,12,20H,10-11H2,1-2H3,(H,18,21). The van der Waals surface area contributed by atoms with Gasteiger partial charge in [0.25, 0.3) is 0 Å². The van der Waals surface area contributed by atoms with E-state index in [2.05, 4.69) is 31.3 Å². The van der Waals surface area contributed by atoms with Crippen LogP contribution < -0.4 is 10.2 Å². The van der Waals surface area contributed by atoms with Gasteiger partial charge in [0.2, 0.25) is 0 Å². The second kappa shape index (κ2) is 7.20. The van der Waals surface area contributed by atoms with E-state index in [-0.39, 0.29) is 6.61 Å². The van der Waals surface area contributed by atoms with Crippen molar-refractivity contribution in [3.05, 3.63) is 59.7 Å². The third-order valence-electron chi connectivity index (χ3n) is 3.39. The van der Waals surface area contributed by atoms with Gasteiger partial charge in [0.15, 0.2) is 5.11 Å². The molecular weight excluding hydrogens is 280 g/mol. The Bertz CT molecular complexity index is 613. The number of para-hydroxylation sites is 1. The zero-order chi connectivity index (χ0) is 15.2. The Hall–Kier alpha value is -1.91. The molecule has 0 unspecified atom stereocenters. The first-order valence-corrected chi connectivity index (χ1v) is 7.34. The van der Waals surface area contributed by atoms with E-state index in [9.17, 15) is 5.11 Å². The Kier molecular flexibility index (Phi) is 5.31. The van der Waals surface area contributed by atoms with Gasteiger partial charge in [0.05, 0.1) is 6.61 Å². The highest BCUT2D eigenvalue weighted by molar-refractivity contribution is 7.80. The lowest BCUT2D eigenvalue weighted by molar-refractivity contribution is 0.306. The van der Waals surface area contributed by atoms with Gasteiger partial charge < -0.3 is 15.3 Å². The molecule has 110 valence electrons. The molecule has 0 heterocycles. The lowest BCUT2D eigenvalue weighted by Crippen LogP contribution is -2.36. The van der Waals surface area contributed by atoms with Gasteiger partial charge in [-0.1, -0.05) is 24.3 Å². The Labute approximate surface area is 131 Å². The predicted molar refractivity (Wildman–Crippen MR) is 93.0 cm³/mol. The molecule has 2 rings (SSSR count). The predicted octanol–water partition coefficient (Wildman–Crippen LogP) is 3.50. The van der Waals surface area contributed by atoms with Crippen LogP contribution in [0.1, 0.15) is 11.1 Å². The lowest BCUT2D eigenvalue weighted by Gasteiger charge is -2.25. The van der Waals surface area contributed by atoms with E-state index >= 15 is 0 Å². The summed E-state index contributed by atoms with van der Waals surface area (Å²) >= 11 is 5.48. The van der Waals surface area contributed by atoms with Gasteiger partial charge in [-0.05, 0) is 61.5 Å². The van der Waals surface area contributed by atoms with Crippen molar-refractivity contribution in [3.8, 4) is 0 Å². The lowest BCUT2D eigenvalue weighted by atomic mass is 10.1. The van der Waals surface area contributed by atoms with Crippen LogP contribution in [0.4, 0.5) is 11.4 Å². The van der Waals surface area contributed by atoms with Crippen molar-refractivity contribution in [2.45, 2.75) is 13.8 Å². The van der Waals surface area contributed by atoms with Gasteiger partial charge in [-0.3, -0.25) is 0 Å². The first-order chi connectivity index (χ1) is 10.1. The third kappa shape index (κ3) is 4.03. The van der Waals surface area contributed by atoms with Gasteiger partial charge in [0, 0.05) is 17.9 Å². The number of nitrogens with zero attached hydrogens (tertiary/aromatic N) is 1. The van der Waals surface area contributed by atoms with Gasteiger partial charge >= 0.3 is 0 Å². The molecule has 21 heavy (non-hydrogen) atoms. The van der Waals surface area contributed by atoms with Crippen LogP contribution in [0, 0.1) is 13.8 Å². The molecule has 0 amide bonds. The summed E-state index contributed by atoms with van der Waals surface area (Å²) in [7, 11) is 0. The molecule has 0 fully saturated rings. The van der Waals surface area contributed by atoms with Crippen LogP contribution in [-0.2, 0) is 0 Å². The summed E-state index contributed by atoms with van der Waals surface area (Å²) < 4.78 is 0. The second-order valence-corrected chi connectivity index (χ2v) is 5.33. The summed E-state index contributed by atoms with van der Waals surface area (Å²) in [5.41, 5.74) is 4.40. The van der Waals surface area contributed by atoms with Crippen LogP contribution in [0.5, 0.6) is 0 Å². The molecule has 0 radical (unpaired) electrons. The number of anilines is 2. The third-order valence-corrected chi connectivity index (χ3v) is 3.72. The average Bonchev–Trinajstić information content (AvgIpc) is 2.49. The van der Waals surface area contributed by atoms with E-state index in [1.54, 1.807) is 0 Å². The Balaban J connectivity index is 2.17. The van der Waals surface area contributed by atoms with Crippen LogP contribution in [-0.4, -0.2) is 23.4 Å². The maximum absolute atomic E-state index is 9.26. The summed E-state index contributed by atoms with van der Waals surface area (Å²) in [6.45, 7) is 4.66. The Morgan fingerprint density at radius 1 is 1.10 bits per heavy atom. The molecule has 4 heteroatoms. The van der Waals surface area contributed by atoms with E-state index in [1.807, 2.05) is 41.3 Å². The average molecular weight is 300 g/mol. The largest absolute Gasteiger partial charge is 0.395 e. The van der Waals surface area contributed by atoms with Gasteiger partial charge in [-0.15, -0.1) is 0 Å². The van der Waals surface area contributed by atoms with Crippen molar-refractivity contribution in [2.24, 2.45) is 0 Å². The number of nitrogens with one attached hydrogen (secondary N) is 1. The highest BCUT2D eigenvalue weighted by atomic mass is 32.1. The van der Waals surface area contributed by atoms with E-state index < -0.39 is 0 Å². The quantitative estimate of drug-likeness (QED) is 0.847. The number of thiocarbonyl (C=S) groups is 1. The summed E-state index contributed by atoms with van der Waals surface area (Å²) in [5, 5.41) is 13.1. The minimum absolute atomic E-state index is 0.0453. The highest BCUT2D eigenvalue weighted by Crippen LogP contribution is 2.18. The number of hydrogen-bond acceptors (Lipinski definition) is 2. The fourth-order valence-corrected chi connectivity index (χ4v) is 2.38. The van der Waals surface area contributed by atoms with E-state index in [1.165, 1.54) is 11.1 Å². The maximum atomic E-state index is 9.26. The molecule has 2 aromatic rings. The molecule has 0 spiro atoms. The van der Waals surface area contributed by atoms with E-state index in [0.29, 0.717) is 11.7 Å². The van der Waals surface area contributed by atoms with Crippen LogP contribution in [0.3, 0.4) is 0 Å². The smallest absolute Gasteiger partial charge is 0.178 e. The van der Waals surface area contributed by atoms with Crippen molar-refractivity contribution < 1.29 is 5.11 Å². The monoisotopic (exact) mass is 300 g/mol. The number of aryl methyl sites for hydroxylation is 2. The zero-order valence-electron chi connectivity index (χ0n) is 12.3. The Morgan fingerprint density at radius 2 is 1.81 bits per heavy atom. The topological polar surface area (TPSA) is 35.5 Å². The fourth-order valence-electron chi connectivity index (χ4n) is 2.07. The van der Waals surface area contributed by atoms with Crippen molar-refractivity contribution >= 4 is 28.7 Å². The molecule has 0 aliphatic rings. The minimum atomic E-state index is 0.0453. The molecule has 0 saturated carbocycles. The second-order valence-electron chi connectivity index (χ2n) is 4.94. The van der Waals surface area contributed by atoms with Crippen molar-refractivity contribution in [2.75, 3.05) is 23.4 Å².